The van der Waals surface area contributed by atoms with Crippen LogP contribution in [0.2, 0.25) is 0 Å². The number of hydrogen-bond donors (Lipinski definition) is 0. The molecule has 9 nitrogen and oxygen atoms in total. The third kappa shape index (κ3) is 12.3. The molecule has 0 radical (unpaired) electrons. The van der Waals surface area contributed by atoms with Gasteiger partial charge in [-0.05, 0) is 183 Å². The standard InChI is InChI=1S/C102H58B3F16N5O4S2/c1-101(2,3)47-31-33-84-52(35-47)97-99(131-84)104-56-43-54-74(45-78(56)127-80-39-50(41-82(129-97)87(80)104)123(91-62(110)19-9-20-63(91)111)92-64(112)21-10-22-65(92)113)125(95-70(118)27-13-28-71(95)119)76-37-49(122(89-58(106)15-7-16-59(89)107)90-60(108)17-8-18-61(90)109)38-77-86(76)103(54)55-44-57-79(46-75(55)126(77)96-72(120)29-14-30-73(96)121)128-81-40-51(124(93-66(114)23-11-24-67(93)115)94-68(116)25-12-26-69(94)117)42-83-88(81)105(57)100-98(130-83)53-36-48(102(4,5)6)32-34-85(53)132-100/h7-46H,1-6H3. The Morgan fingerprint density at radius 3 is 0.803 bits per heavy atom. The Morgan fingerprint density at radius 2 is 0.523 bits per heavy atom. The number of halogens is 16. The number of benzene rings is 15. The second-order valence-corrected chi connectivity index (χ2v) is 37.1. The van der Waals surface area contributed by atoms with Crippen molar-refractivity contribution in [2.24, 2.45) is 0 Å². The van der Waals surface area contributed by atoms with E-state index >= 15 is 70.2 Å². The van der Waals surface area contributed by atoms with E-state index in [0.717, 1.165) is 179 Å². The maximum atomic E-state index is 18.4. The smallest absolute Gasteiger partial charge is 0.273 e. The Balaban J connectivity index is 0.853. The summed E-state index contributed by atoms with van der Waals surface area (Å²) < 4.78 is 309. The summed E-state index contributed by atoms with van der Waals surface area (Å²) in [6, 6.07) is 47.9. The van der Waals surface area contributed by atoms with Gasteiger partial charge < -0.3 is 28.7 Å². The van der Waals surface area contributed by atoms with Crippen LogP contribution in [0.4, 0.5) is 156 Å². The molecule has 2 aromatic heterocycles. The van der Waals surface area contributed by atoms with Gasteiger partial charge in [-0.3, -0.25) is 14.7 Å². The van der Waals surface area contributed by atoms with Gasteiger partial charge in [0.1, 0.15) is 185 Å². The summed E-state index contributed by atoms with van der Waals surface area (Å²) in [5.41, 5.74) is -8.28. The van der Waals surface area contributed by atoms with Gasteiger partial charge in [0.25, 0.3) is 20.1 Å². The van der Waals surface area contributed by atoms with Crippen LogP contribution in [0.15, 0.2) is 243 Å². The van der Waals surface area contributed by atoms with Crippen LogP contribution in [-0.2, 0) is 10.8 Å². The molecule has 6 aliphatic heterocycles. The highest BCUT2D eigenvalue weighted by atomic mass is 32.1. The normalized spacial score (nSPS) is 13.4. The molecule has 0 bridgehead atoms. The van der Waals surface area contributed by atoms with E-state index in [-0.39, 0.29) is 118 Å². The predicted molar refractivity (Wildman–Crippen MR) is 487 cm³/mol. The zero-order chi connectivity index (χ0) is 91.3. The second kappa shape index (κ2) is 29.5. The zero-order valence-corrected chi connectivity index (χ0v) is 71.2. The molecule has 15 aromatic carbocycles. The highest BCUT2D eigenvalue weighted by Crippen LogP contribution is 2.57. The summed E-state index contributed by atoms with van der Waals surface area (Å²) >= 11 is 2.63. The lowest BCUT2D eigenvalue weighted by Crippen LogP contribution is -2.65. The van der Waals surface area contributed by atoms with Crippen molar-refractivity contribution in [2.75, 3.05) is 24.5 Å². The van der Waals surface area contributed by atoms with Gasteiger partial charge in [-0.25, -0.2) is 70.2 Å². The van der Waals surface area contributed by atoms with Crippen molar-refractivity contribution in [1.82, 2.24) is 0 Å². The van der Waals surface area contributed by atoms with Gasteiger partial charge in [-0.2, -0.15) is 0 Å². The maximum Gasteiger partial charge on any atom is 0.273 e. The van der Waals surface area contributed by atoms with Crippen molar-refractivity contribution >= 4 is 196 Å². The minimum absolute atomic E-state index is 0.0535. The number of nitrogens with zero attached hydrogens (tertiary/aromatic N) is 5. The molecule has 0 amide bonds. The van der Waals surface area contributed by atoms with E-state index in [1.54, 1.807) is 12.1 Å². The minimum atomic E-state index is -1.50. The molecule has 0 unspecified atom stereocenters. The average Bonchev–Trinajstić information content (AvgIpc) is 0.894. The van der Waals surface area contributed by atoms with E-state index in [4.69, 9.17) is 18.9 Å². The van der Waals surface area contributed by atoms with Crippen LogP contribution in [-0.4, -0.2) is 20.1 Å². The van der Waals surface area contributed by atoms with Gasteiger partial charge in [-0.15, -0.1) is 22.7 Å². The van der Waals surface area contributed by atoms with Crippen LogP contribution in [0.3, 0.4) is 0 Å². The van der Waals surface area contributed by atoms with E-state index < -0.39 is 175 Å². The van der Waals surface area contributed by atoms with Crippen molar-refractivity contribution in [3.8, 4) is 46.0 Å². The molecular formula is C102H58B3F16N5O4S2. The van der Waals surface area contributed by atoms with Crippen molar-refractivity contribution in [3.63, 3.8) is 0 Å². The third-order valence-electron chi connectivity index (χ3n) is 25.2. The molecule has 17 aromatic rings. The van der Waals surface area contributed by atoms with Crippen molar-refractivity contribution < 1.29 is 89.2 Å². The lowest BCUT2D eigenvalue weighted by Gasteiger charge is -2.46. The minimum Gasteiger partial charge on any atom is -0.458 e. The van der Waals surface area contributed by atoms with E-state index in [0.29, 0.717) is 44.4 Å². The Morgan fingerprint density at radius 1 is 0.258 bits per heavy atom. The van der Waals surface area contributed by atoms with Crippen LogP contribution in [0.1, 0.15) is 52.7 Å². The highest BCUT2D eigenvalue weighted by Gasteiger charge is 2.53. The topological polar surface area (TPSA) is 53.1 Å². The lowest BCUT2D eigenvalue weighted by molar-refractivity contribution is 0.467. The largest absolute Gasteiger partial charge is 0.458 e. The Labute approximate surface area is 750 Å². The van der Waals surface area contributed by atoms with Gasteiger partial charge in [0.15, 0.2) is 0 Å². The van der Waals surface area contributed by atoms with Gasteiger partial charge in [0.05, 0.1) is 17.1 Å². The van der Waals surface area contributed by atoms with E-state index in [2.05, 4.69) is 0 Å². The molecule has 0 aliphatic carbocycles. The van der Waals surface area contributed by atoms with Crippen LogP contribution in [0, 0.1) is 93.1 Å². The van der Waals surface area contributed by atoms with Gasteiger partial charge in [0, 0.05) is 99.8 Å². The Bertz CT molecular complexity index is 7260. The van der Waals surface area contributed by atoms with Crippen LogP contribution >= 0.6 is 22.7 Å². The van der Waals surface area contributed by atoms with Crippen molar-refractivity contribution in [1.29, 1.82) is 0 Å². The summed E-state index contributed by atoms with van der Waals surface area (Å²) in [5, 5.41) is 1.15. The summed E-state index contributed by atoms with van der Waals surface area (Å²) in [7, 11) is 0. The van der Waals surface area contributed by atoms with Crippen LogP contribution in [0.25, 0.3) is 20.2 Å². The molecule has 0 saturated heterocycles. The number of anilines is 15. The van der Waals surface area contributed by atoms with Crippen LogP contribution < -0.4 is 91.2 Å². The monoisotopic (exact) mass is 1820 g/mol. The highest BCUT2D eigenvalue weighted by molar-refractivity contribution is 7.33. The number of para-hydroxylation sites is 8. The maximum absolute atomic E-state index is 18.4. The average molecular weight is 1820 g/mol. The number of fused-ring (bicyclic) bond motifs is 16. The zero-order valence-electron chi connectivity index (χ0n) is 69.6. The molecule has 23 rings (SSSR count). The number of thiophene rings is 2. The molecule has 0 atom stereocenters. The van der Waals surface area contributed by atoms with Gasteiger partial charge >= 0.3 is 0 Å². The first-order valence-electron chi connectivity index (χ1n) is 41.6. The third-order valence-corrected chi connectivity index (χ3v) is 27.6. The fraction of sp³-hybridized carbons (Fsp3) is 0.0784. The fourth-order valence-corrected chi connectivity index (χ4v) is 21.9. The number of ether oxygens (including phenoxy) is 4. The van der Waals surface area contributed by atoms with E-state index in [1.165, 1.54) is 59.1 Å². The summed E-state index contributed by atoms with van der Waals surface area (Å²) in [4.78, 5) is 4.11. The molecular weight excluding hydrogens is 1760 g/mol. The number of hydrogen-bond acceptors (Lipinski definition) is 11. The second-order valence-electron chi connectivity index (χ2n) is 35.0. The molecule has 8 heterocycles. The van der Waals surface area contributed by atoms with E-state index in [1.807, 2.05) is 77.9 Å². The molecule has 6 aliphatic rings. The fourth-order valence-electron chi connectivity index (χ4n) is 19.4. The summed E-state index contributed by atoms with van der Waals surface area (Å²) in [6.07, 6.45) is 0. The molecule has 0 N–H and O–H groups in total. The number of rotatable bonds is 11. The Hall–Kier alpha value is -14.5. The Kier molecular flexibility index (Phi) is 18.3. The van der Waals surface area contributed by atoms with Crippen molar-refractivity contribution in [3.05, 3.63) is 347 Å². The van der Waals surface area contributed by atoms with Gasteiger partial charge in [-0.1, -0.05) is 114 Å². The SMILES string of the molecule is CC(C)(C)c1ccc2sc3c(c2c1)Oc1cc(N(c2c(F)cccc2F)c2c(F)cccc2F)cc2c1B3c1cc3c(cc1O2)N(c1c(F)cccc1F)c1cc(N(c2c(F)cccc2F)c2c(F)cccc2F)cc2c1B3c1cc3c(cc1N2c1c(F)cccc1F)Oc1cc(N(c2c(F)cccc2F)c2c(F)cccc2F)cc2c1B3c1sc3ccc(C(C)(C)C)cc3c1O2. The first kappa shape index (κ1) is 81.9. The molecule has 648 valence electrons. The first-order valence-corrected chi connectivity index (χ1v) is 43.3. The quantitative estimate of drug-likeness (QED) is 0.0931. The summed E-state index contributed by atoms with van der Waals surface area (Å²) in [5.74, 6) is -21.0. The van der Waals surface area contributed by atoms with Crippen LogP contribution in [0.5, 0.6) is 46.0 Å². The molecule has 132 heavy (non-hydrogen) atoms. The first-order chi connectivity index (χ1) is 63.3. The lowest BCUT2D eigenvalue weighted by atomic mass is 9.30. The summed E-state index contributed by atoms with van der Waals surface area (Å²) in [6.45, 7) is 8.35. The van der Waals surface area contributed by atoms with Crippen molar-refractivity contribution in [2.45, 2.75) is 52.4 Å². The molecule has 30 heteroatoms. The predicted octanol–water partition coefficient (Wildman–Crippen LogP) is 24.9. The molecule has 0 fully saturated rings. The molecule has 0 saturated carbocycles. The van der Waals surface area contributed by atoms with E-state index in [9.17, 15) is 0 Å². The van der Waals surface area contributed by atoms with Gasteiger partial charge in [0.2, 0.25) is 0 Å². The molecule has 0 spiro atoms.